The molecule has 92 valence electrons. The monoisotopic (exact) mass is 262 g/mol. The summed E-state index contributed by atoms with van der Waals surface area (Å²) in [6.07, 6.45) is 1.14. The first-order valence-electron chi connectivity index (χ1n) is 4.53. The molecular weight excluding hydrogens is 253 g/mol. The van der Waals surface area contributed by atoms with Gasteiger partial charge in [-0.05, 0) is 23.4 Å². The zero-order valence-corrected chi connectivity index (χ0v) is 9.64. The minimum absolute atomic E-state index is 0.484. The molecule has 0 spiro atoms. The highest BCUT2D eigenvalue weighted by molar-refractivity contribution is 8.04. The third-order valence-electron chi connectivity index (χ3n) is 1.71. The first-order valence-corrected chi connectivity index (χ1v) is 5.35. The smallest absolute Gasteiger partial charge is 0.446 e. The maximum Gasteiger partial charge on any atom is 0.446 e. The maximum absolute atomic E-state index is 12.2. The van der Waals surface area contributed by atoms with Crippen molar-refractivity contribution < 1.29 is 22.7 Å². The molecule has 17 heavy (non-hydrogen) atoms. The molecule has 0 aliphatic heterocycles. The molecule has 2 nitrogen and oxygen atoms in total. The SMILES string of the molecule is COC(=O)/C(=C/c1ccccc1)SC(F)(F)F. The van der Waals surface area contributed by atoms with Crippen molar-refractivity contribution in [3.8, 4) is 0 Å². The molecule has 1 aromatic carbocycles. The van der Waals surface area contributed by atoms with E-state index >= 15 is 0 Å². The van der Waals surface area contributed by atoms with E-state index in [1.54, 1.807) is 30.3 Å². The highest BCUT2D eigenvalue weighted by Gasteiger charge is 2.33. The maximum atomic E-state index is 12.2. The van der Waals surface area contributed by atoms with Gasteiger partial charge in [0, 0.05) is 0 Å². The van der Waals surface area contributed by atoms with Gasteiger partial charge in [0.15, 0.2) is 0 Å². The van der Waals surface area contributed by atoms with Crippen LogP contribution in [0.5, 0.6) is 0 Å². The molecule has 0 atom stereocenters. The van der Waals surface area contributed by atoms with Gasteiger partial charge in [-0.1, -0.05) is 30.3 Å². The van der Waals surface area contributed by atoms with Gasteiger partial charge in [-0.25, -0.2) is 4.79 Å². The van der Waals surface area contributed by atoms with Gasteiger partial charge in [-0.2, -0.15) is 13.2 Å². The lowest BCUT2D eigenvalue weighted by molar-refractivity contribution is -0.135. The largest absolute Gasteiger partial charge is 0.465 e. The number of thioether (sulfide) groups is 1. The first kappa shape index (κ1) is 13.6. The van der Waals surface area contributed by atoms with Crippen LogP contribution >= 0.6 is 11.8 Å². The van der Waals surface area contributed by atoms with Crippen LogP contribution in [0.4, 0.5) is 13.2 Å². The third kappa shape index (κ3) is 4.95. The second-order valence-electron chi connectivity index (χ2n) is 2.96. The number of methoxy groups -OCH3 is 1. The zero-order valence-electron chi connectivity index (χ0n) is 8.82. The van der Waals surface area contributed by atoms with E-state index in [1.165, 1.54) is 0 Å². The van der Waals surface area contributed by atoms with Crippen LogP contribution in [0.2, 0.25) is 0 Å². The fourth-order valence-electron chi connectivity index (χ4n) is 1.06. The Bertz CT molecular complexity index is 412. The molecular formula is C11H9F3O2S. The third-order valence-corrected chi connectivity index (χ3v) is 2.45. The molecule has 0 saturated carbocycles. The molecule has 0 aliphatic rings. The zero-order chi connectivity index (χ0) is 12.9. The average Bonchev–Trinajstić information content (AvgIpc) is 2.27. The summed E-state index contributed by atoms with van der Waals surface area (Å²) in [5, 5.41) is 0. The van der Waals surface area contributed by atoms with Crippen molar-refractivity contribution in [3.05, 3.63) is 40.8 Å². The summed E-state index contributed by atoms with van der Waals surface area (Å²) in [4.78, 5) is 10.7. The molecule has 0 unspecified atom stereocenters. The van der Waals surface area contributed by atoms with Crippen molar-refractivity contribution >= 4 is 23.8 Å². The predicted molar refractivity (Wildman–Crippen MR) is 60.1 cm³/mol. The summed E-state index contributed by atoms with van der Waals surface area (Å²) in [7, 11) is 1.04. The van der Waals surface area contributed by atoms with E-state index in [4.69, 9.17) is 0 Å². The summed E-state index contributed by atoms with van der Waals surface area (Å²) in [6.45, 7) is 0. The molecule has 0 aromatic heterocycles. The van der Waals surface area contributed by atoms with Crippen LogP contribution in [0.3, 0.4) is 0 Å². The van der Waals surface area contributed by atoms with Gasteiger partial charge in [-0.15, -0.1) is 0 Å². The topological polar surface area (TPSA) is 26.3 Å². The molecule has 1 rings (SSSR count). The van der Waals surface area contributed by atoms with Crippen LogP contribution in [0, 0.1) is 0 Å². The predicted octanol–water partition coefficient (Wildman–Crippen LogP) is 3.45. The van der Waals surface area contributed by atoms with E-state index in [9.17, 15) is 18.0 Å². The number of rotatable bonds is 3. The number of hydrogen-bond acceptors (Lipinski definition) is 3. The Morgan fingerprint density at radius 1 is 1.29 bits per heavy atom. The van der Waals surface area contributed by atoms with Crippen molar-refractivity contribution in [2.75, 3.05) is 7.11 Å². The Morgan fingerprint density at radius 3 is 2.35 bits per heavy atom. The quantitative estimate of drug-likeness (QED) is 0.616. The molecule has 0 radical (unpaired) electrons. The van der Waals surface area contributed by atoms with E-state index in [0.29, 0.717) is 5.56 Å². The summed E-state index contributed by atoms with van der Waals surface area (Å²) in [5.41, 5.74) is -4.01. The van der Waals surface area contributed by atoms with Crippen LogP contribution in [-0.2, 0) is 9.53 Å². The van der Waals surface area contributed by atoms with Crippen LogP contribution in [-0.4, -0.2) is 18.6 Å². The van der Waals surface area contributed by atoms with Gasteiger partial charge < -0.3 is 4.74 Å². The van der Waals surface area contributed by atoms with E-state index < -0.39 is 28.1 Å². The average molecular weight is 262 g/mol. The number of halogens is 3. The normalized spacial score (nSPS) is 12.4. The molecule has 0 amide bonds. The molecule has 1 aromatic rings. The molecule has 0 aliphatic carbocycles. The number of alkyl halides is 3. The molecule has 0 saturated heterocycles. The number of esters is 1. The van der Waals surface area contributed by atoms with E-state index in [-0.39, 0.29) is 0 Å². The first-order chi connectivity index (χ1) is 7.92. The summed E-state index contributed by atoms with van der Waals surface area (Å²) in [6, 6.07) is 8.25. The van der Waals surface area contributed by atoms with E-state index in [2.05, 4.69) is 4.74 Å². The second-order valence-corrected chi connectivity index (χ2v) is 4.07. The highest BCUT2D eigenvalue weighted by atomic mass is 32.2. The van der Waals surface area contributed by atoms with Crippen molar-refractivity contribution in [3.63, 3.8) is 0 Å². The van der Waals surface area contributed by atoms with Crippen LogP contribution in [0.15, 0.2) is 35.2 Å². The van der Waals surface area contributed by atoms with Crippen LogP contribution in [0.1, 0.15) is 5.56 Å². The summed E-state index contributed by atoms with van der Waals surface area (Å²) in [5.74, 6) is -1.00. The van der Waals surface area contributed by atoms with E-state index in [0.717, 1.165) is 13.2 Å². The van der Waals surface area contributed by atoms with Gasteiger partial charge in [-0.3, -0.25) is 0 Å². The number of ether oxygens (including phenoxy) is 1. The molecule has 0 heterocycles. The molecule has 0 N–H and O–H groups in total. The van der Waals surface area contributed by atoms with Crippen molar-refractivity contribution in [2.24, 2.45) is 0 Å². The highest BCUT2D eigenvalue weighted by Crippen LogP contribution is 2.37. The number of carbonyl (C=O) groups excluding carboxylic acids is 1. The fraction of sp³-hybridized carbons (Fsp3) is 0.182. The summed E-state index contributed by atoms with van der Waals surface area (Å²) < 4.78 is 41.0. The number of carbonyl (C=O) groups is 1. The minimum atomic E-state index is -4.52. The minimum Gasteiger partial charge on any atom is -0.465 e. The Morgan fingerprint density at radius 2 is 1.88 bits per heavy atom. The van der Waals surface area contributed by atoms with Gasteiger partial charge in [0.1, 0.15) is 4.91 Å². The Kier molecular flexibility index (Phi) is 4.62. The van der Waals surface area contributed by atoms with Gasteiger partial charge in [0.25, 0.3) is 0 Å². The van der Waals surface area contributed by atoms with Gasteiger partial charge in [0.2, 0.25) is 0 Å². The Hall–Kier alpha value is -1.43. The van der Waals surface area contributed by atoms with Crippen molar-refractivity contribution in [1.29, 1.82) is 0 Å². The van der Waals surface area contributed by atoms with E-state index in [1.807, 2.05) is 0 Å². The standard InChI is InChI=1S/C11H9F3O2S/c1-16-10(15)9(17-11(12,13)14)7-8-5-3-2-4-6-8/h2-7H,1H3/b9-7-. The number of benzene rings is 1. The Balaban J connectivity index is 2.99. The summed E-state index contributed by atoms with van der Waals surface area (Å²) >= 11 is -0.484. The molecule has 0 fully saturated rings. The molecule has 0 bridgehead atoms. The number of hydrogen-bond donors (Lipinski definition) is 0. The van der Waals surface area contributed by atoms with Gasteiger partial charge in [0.05, 0.1) is 7.11 Å². The lowest BCUT2D eigenvalue weighted by Gasteiger charge is -2.07. The lowest BCUT2D eigenvalue weighted by Crippen LogP contribution is -2.08. The fourth-order valence-corrected chi connectivity index (χ4v) is 1.67. The lowest BCUT2D eigenvalue weighted by atomic mass is 10.2. The van der Waals surface area contributed by atoms with Crippen LogP contribution < -0.4 is 0 Å². The van der Waals surface area contributed by atoms with Crippen LogP contribution in [0.25, 0.3) is 6.08 Å². The second kappa shape index (κ2) is 5.77. The van der Waals surface area contributed by atoms with Crippen molar-refractivity contribution in [1.82, 2.24) is 0 Å². The Labute approximate surface area is 100 Å². The van der Waals surface area contributed by atoms with Gasteiger partial charge >= 0.3 is 11.5 Å². The molecule has 6 heteroatoms. The van der Waals surface area contributed by atoms with Crippen molar-refractivity contribution in [2.45, 2.75) is 5.51 Å².